The molecule has 32 heavy (non-hydrogen) atoms. The van der Waals surface area contributed by atoms with Crippen molar-refractivity contribution in [3.8, 4) is 5.75 Å². The van der Waals surface area contributed by atoms with Gasteiger partial charge in [0.2, 0.25) is 0 Å². The minimum atomic E-state index is -0.647. The molecule has 3 aromatic carbocycles. The highest BCUT2D eigenvalue weighted by molar-refractivity contribution is 6.53. The number of anilines is 3. The lowest BCUT2D eigenvalue weighted by atomic mass is 10.2. The Morgan fingerprint density at radius 2 is 1.38 bits per heavy atom. The van der Waals surface area contributed by atoms with Crippen LogP contribution in [0.4, 0.5) is 17.1 Å². The zero-order chi connectivity index (χ0) is 22.8. The molecule has 9 heteroatoms. The second-order valence-corrected chi connectivity index (χ2v) is 7.63. The summed E-state index contributed by atoms with van der Waals surface area (Å²) in [5.74, 6) is -1.50. The number of amides is 3. The van der Waals surface area contributed by atoms with E-state index in [4.69, 9.17) is 23.2 Å². The smallest absolute Gasteiger partial charge is 0.283 e. The molecule has 1 aliphatic rings. The number of phenolic OH excluding ortho intramolecular Hbond substituents is 1. The summed E-state index contributed by atoms with van der Waals surface area (Å²) in [5, 5.41) is 15.1. The van der Waals surface area contributed by atoms with Crippen molar-refractivity contribution in [2.24, 2.45) is 0 Å². The van der Waals surface area contributed by atoms with Gasteiger partial charge in [-0.25, -0.2) is 4.90 Å². The number of benzene rings is 3. The lowest BCUT2D eigenvalue weighted by molar-refractivity contribution is -0.120. The van der Waals surface area contributed by atoms with Crippen molar-refractivity contribution in [2.75, 3.05) is 15.5 Å². The Morgan fingerprint density at radius 3 is 2.00 bits per heavy atom. The number of carbonyl (C=O) groups is 3. The zero-order valence-corrected chi connectivity index (χ0v) is 17.8. The topological polar surface area (TPSA) is 98.7 Å². The van der Waals surface area contributed by atoms with E-state index in [0.29, 0.717) is 27.6 Å². The Morgan fingerprint density at radius 1 is 0.781 bits per heavy atom. The van der Waals surface area contributed by atoms with Crippen LogP contribution in [0.3, 0.4) is 0 Å². The van der Waals surface area contributed by atoms with Gasteiger partial charge in [-0.3, -0.25) is 14.4 Å². The van der Waals surface area contributed by atoms with Crippen LogP contribution in [-0.4, -0.2) is 22.8 Å². The monoisotopic (exact) mass is 467 g/mol. The molecule has 0 saturated heterocycles. The first-order chi connectivity index (χ1) is 15.3. The Labute approximate surface area is 192 Å². The molecule has 1 heterocycles. The van der Waals surface area contributed by atoms with Gasteiger partial charge in [0.25, 0.3) is 17.7 Å². The fraction of sp³-hybridized carbons (Fsp3) is 0. The van der Waals surface area contributed by atoms with Crippen molar-refractivity contribution in [3.05, 3.63) is 94.1 Å². The van der Waals surface area contributed by atoms with Crippen LogP contribution in [0, 0.1) is 0 Å². The number of imide groups is 1. The van der Waals surface area contributed by atoms with Crippen LogP contribution in [0.1, 0.15) is 10.4 Å². The van der Waals surface area contributed by atoms with Gasteiger partial charge >= 0.3 is 0 Å². The van der Waals surface area contributed by atoms with E-state index in [-0.39, 0.29) is 22.4 Å². The van der Waals surface area contributed by atoms with Crippen molar-refractivity contribution >= 4 is 58.0 Å². The van der Waals surface area contributed by atoms with E-state index in [1.54, 1.807) is 60.7 Å². The average Bonchev–Trinajstić information content (AvgIpc) is 3.00. The summed E-state index contributed by atoms with van der Waals surface area (Å²) in [6.07, 6.45) is 0. The fourth-order valence-corrected chi connectivity index (χ4v) is 3.37. The number of rotatable bonds is 5. The molecule has 3 N–H and O–H groups in total. The van der Waals surface area contributed by atoms with Crippen LogP contribution in [-0.2, 0) is 9.59 Å². The number of hydrogen-bond acceptors (Lipinski definition) is 5. The molecular weight excluding hydrogens is 453 g/mol. The molecule has 0 atom stereocenters. The van der Waals surface area contributed by atoms with Crippen molar-refractivity contribution in [2.45, 2.75) is 0 Å². The third-order valence-electron chi connectivity index (χ3n) is 4.65. The lowest BCUT2D eigenvalue weighted by Crippen LogP contribution is -2.32. The van der Waals surface area contributed by atoms with Gasteiger partial charge in [-0.05, 0) is 72.8 Å². The number of phenols is 1. The van der Waals surface area contributed by atoms with Gasteiger partial charge in [0, 0.05) is 22.0 Å². The molecule has 0 fully saturated rings. The summed E-state index contributed by atoms with van der Waals surface area (Å²) in [6.45, 7) is 0. The molecule has 3 aromatic rings. The van der Waals surface area contributed by atoms with Crippen LogP contribution in [0.15, 0.2) is 83.5 Å². The van der Waals surface area contributed by atoms with E-state index in [0.717, 1.165) is 4.90 Å². The first-order valence-corrected chi connectivity index (χ1v) is 10.1. The Kier molecular flexibility index (Phi) is 5.85. The maximum atomic E-state index is 12.8. The summed E-state index contributed by atoms with van der Waals surface area (Å²) in [6, 6.07) is 18.6. The minimum absolute atomic E-state index is 0.0621. The summed E-state index contributed by atoms with van der Waals surface area (Å²) in [4.78, 5) is 38.7. The SMILES string of the molecule is O=C(Nc1ccc(O)cc1)c1ccc(NC2=C(Cl)C(=O)N(c3ccc(Cl)cc3)C2=O)cc1. The van der Waals surface area contributed by atoms with E-state index in [9.17, 15) is 19.5 Å². The zero-order valence-electron chi connectivity index (χ0n) is 16.3. The van der Waals surface area contributed by atoms with Gasteiger partial charge in [0.15, 0.2) is 0 Å². The number of nitrogens with zero attached hydrogens (tertiary/aromatic N) is 1. The summed E-state index contributed by atoms with van der Waals surface area (Å²) in [7, 11) is 0. The number of aromatic hydroxyl groups is 1. The third-order valence-corrected chi connectivity index (χ3v) is 5.26. The molecule has 4 rings (SSSR count). The largest absolute Gasteiger partial charge is 0.508 e. The molecule has 0 aliphatic carbocycles. The van der Waals surface area contributed by atoms with E-state index in [1.165, 1.54) is 12.1 Å². The van der Waals surface area contributed by atoms with Crippen LogP contribution in [0.2, 0.25) is 5.02 Å². The Bertz CT molecular complexity index is 1240. The van der Waals surface area contributed by atoms with Crippen LogP contribution >= 0.6 is 23.2 Å². The molecule has 160 valence electrons. The molecule has 3 amide bonds. The second-order valence-electron chi connectivity index (χ2n) is 6.81. The highest BCUT2D eigenvalue weighted by Gasteiger charge is 2.38. The van der Waals surface area contributed by atoms with Crippen LogP contribution < -0.4 is 15.5 Å². The first kappa shape index (κ1) is 21.4. The highest BCUT2D eigenvalue weighted by Crippen LogP contribution is 2.30. The Hall–Kier alpha value is -3.81. The second kappa shape index (κ2) is 8.74. The molecule has 0 aromatic heterocycles. The van der Waals surface area contributed by atoms with Gasteiger partial charge in [-0.15, -0.1) is 0 Å². The Balaban J connectivity index is 1.47. The predicted molar refractivity (Wildman–Crippen MR) is 123 cm³/mol. The number of hydrogen-bond donors (Lipinski definition) is 3. The van der Waals surface area contributed by atoms with Crippen molar-refractivity contribution < 1.29 is 19.5 Å². The molecule has 1 aliphatic heterocycles. The summed E-state index contributed by atoms with van der Waals surface area (Å²) in [5.41, 5.74) is 1.66. The maximum absolute atomic E-state index is 12.8. The normalized spacial score (nSPS) is 13.5. The van der Waals surface area contributed by atoms with Gasteiger partial charge in [0.1, 0.15) is 16.5 Å². The third kappa shape index (κ3) is 4.30. The first-order valence-electron chi connectivity index (χ1n) is 9.35. The molecule has 0 unspecified atom stereocenters. The van der Waals surface area contributed by atoms with Crippen molar-refractivity contribution in [1.82, 2.24) is 0 Å². The maximum Gasteiger partial charge on any atom is 0.283 e. The number of carbonyl (C=O) groups excluding carboxylic acids is 3. The molecular formula is C23H15Cl2N3O4. The molecule has 0 spiro atoms. The highest BCUT2D eigenvalue weighted by atomic mass is 35.5. The number of halogens is 2. The number of nitrogens with one attached hydrogen (secondary N) is 2. The molecule has 7 nitrogen and oxygen atoms in total. The van der Waals surface area contributed by atoms with Crippen molar-refractivity contribution in [1.29, 1.82) is 0 Å². The van der Waals surface area contributed by atoms with Crippen LogP contribution in [0.5, 0.6) is 5.75 Å². The van der Waals surface area contributed by atoms with E-state index < -0.39 is 11.8 Å². The molecule has 0 saturated carbocycles. The van der Waals surface area contributed by atoms with Crippen molar-refractivity contribution in [3.63, 3.8) is 0 Å². The van der Waals surface area contributed by atoms with Gasteiger partial charge in [-0.1, -0.05) is 23.2 Å². The van der Waals surface area contributed by atoms with Gasteiger partial charge in [0.05, 0.1) is 5.69 Å². The standard InChI is InChI=1S/C23H15Cl2N3O4/c24-14-3-9-17(10-4-14)28-22(31)19(25)20(23(28)32)26-15-5-1-13(2-6-15)21(30)27-16-7-11-18(29)12-8-16/h1-12,26,29H,(H,27,30). The van der Waals surface area contributed by atoms with Gasteiger partial charge < -0.3 is 15.7 Å². The quantitative estimate of drug-likeness (QED) is 0.372. The van der Waals surface area contributed by atoms with Crippen LogP contribution in [0.25, 0.3) is 0 Å². The fourth-order valence-electron chi connectivity index (χ4n) is 3.03. The van der Waals surface area contributed by atoms with E-state index in [1.807, 2.05) is 0 Å². The minimum Gasteiger partial charge on any atom is -0.508 e. The molecule has 0 radical (unpaired) electrons. The predicted octanol–water partition coefficient (Wildman–Crippen LogP) is 4.73. The lowest BCUT2D eigenvalue weighted by Gasteiger charge is -2.15. The van der Waals surface area contributed by atoms with Gasteiger partial charge in [-0.2, -0.15) is 0 Å². The summed E-state index contributed by atoms with van der Waals surface area (Å²) >= 11 is 12.0. The van der Waals surface area contributed by atoms with E-state index in [2.05, 4.69) is 10.6 Å². The molecule has 0 bridgehead atoms. The van der Waals surface area contributed by atoms with E-state index >= 15 is 0 Å². The average molecular weight is 468 g/mol. The summed E-state index contributed by atoms with van der Waals surface area (Å²) < 4.78 is 0.